The number of rotatable bonds is 6. The number of thioether (sulfide) groups is 1. The third kappa shape index (κ3) is 4.80. The Hall–Kier alpha value is -2.53. The molecule has 2 amide bonds. The van der Waals surface area contributed by atoms with Crippen LogP contribution < -0.4 is 10.6 Å². The monoisotopic (exact) mass is 412 g/mol. The van der Waals surface area contributed by atoms with Gasteiger partial charge in [-0.1, -0.05) is 16.5 Å². The van der Waals surface area contributed by atoms with Gasteiger partial charge in [0.25, 0.3) is 0 Å². The normalized spacial score (nSPS) is 12.1. The number of fused-ring (bicyclic) bond motifs is 1. The molecule has 2 N–H and O–H groups in total. The molecule has 11 heteroatoms. The molecule has 1 atom stereocenters. The fraction of sp³-hybridized carbons (Fsp3) is 0.250. The average Bonchev–Trinajstić information content (AvgIpc) is 3.18. The Morgan fingerprint density at radius 3 is 2.78 bits per heavy atom. The molecule has 0 saturated carbocycles. The van der Waals surface area contributed by atoms with E-state index in [0.717, 1.165) is 35.2 Å². The van der Waals surface area contributed by atoms with Crippen LogP contribution in [-0.4, -0.2) is 33.0 Å². The van der Waals surface area contributed by atoms with E-state index in [0.29, 0.717) is 16.3 Å². The van der Waals surface area contributed by atoms with Gasteiger partial charge >= 0.3 is 0 Å². The van der Waals surface area contributed by atoms with Crippen LogP contribution in [0.1, 0.15) is 12.7 Å². The Morgan fingerprint density at radius 1 is 1.30 bits per heavy atom. The fourth-order valence-electron chi connectivity index (χ4n) is 2.10. The van der Waals surface area contributed by atoms with Crippen LogP contribution in [0, 0.1) is 18.6 Å². The van der Waals surface area contributed by atoms with Crippen LogP contribution in [0.5, 0.6) is 0 Å². The molecule has 3 aromatic rings. The number of carbonyl (C=O) groups is 2. The number of amides is 2. The smallest absolute Gasteiger partial charge is 0.238 e. The van der Waals surface area contributed by atoms with Gasteiger partial charge in [-0.25, -0.2) is 13.8 Å². The highest BCUT2D eigenvalue weighted by Crippen LogP contribution is 2.28. The zero-order valence-electron chi connectivity index (χ0n) is 14.2. The second-order valence-electron chi connectivity index (χ2n) is 5.57. The molecule has 7 nitrogen and oxygen atoms in total. The maximum absolute atomic E-state index is 13.7. The molecule has 0 unspecified atom stereocenters. The lowest BCUT2D eigenvalue weighted by Gasteiger charge is -2.09. The van der Waals surface area contributed by atoms with Gasteiger partial charge in [-0.2, -0.15) is 0 Å². The number of aryl methyl sites for hydroxylation is 1. The molecule has 0 radical (unpaired) electrons. The van der Waals surface area contributed by atoms with Gasteiger partial charge in [0, 0.05) is 12.1 Å². The lowest BCUT2D eigenvalue weighted by atomic mass is 10.3. The first kappa shape index (κ1) is 19.2. The Morgan fingerprint density at radius 2 is 2.07 bits per heavy atom. The minimum atomic E-state index is -0.787. The molecule has 2 heterocycles. The van der Waals surface area contributed by atoms with Crippen molar-refractivity contribution in [1.82, 2.24) is 10.1 Å². The van der Waals surface area contributed by atoms with Crippen LogP contribution in [0.15, 0.2) is 22.7 Å². The first-order valence-electron chi connectivity index (χ1n) is 7.73. The predicted octanol–water partition coefficient (Wildman–Crippen LogP) is 3.57. The highest BCUT2D eigenvalue weighted by molar-refractivity contribution is 8.01. The summed E-state index contributed by atoms with van der Waals surface area (Å²) in [6, 6.07) is 3.47. The van der Waals surface area contributed by atoms with E-state index in [1.54, 1.807) is 19.9 Å². The van der Waals surface area contributed by atoms with Crippen LogP contribution >= 0.6 is 23.1 Å². The van der Waals surface area contributed by atoms with Gasteiger partial charge in [0.05, 0.1) is 15.7 Å². The molecule has 0 spiro atoms. The quantitative estimate of drug-likeness (QED) is 0.642. The molecule has 0 aliphatic rings. The first-order valence-corrected chi connectivity index (χ1v) is 9.59. The van der Waals surface area contributed by atoms with E-state index < -0.39 is 22.8 Å². The fourth-order valence-corrected chi connectivity index (χ4v) is 3.70. The lowest BCUT2D eigenvalue weighted by molar-refractivity contribution is -0.115. The van der Waals surface area contributed by atoms with Gasteiger partial charge in [0.1, 0.15) is 17.1 Å². The zero-order valence-corrected chi connectivity index (χ0v) is 15.8. The number of halogens is 2. The molecular weight excluding hydrogens is 398 g/mol. The molecule has 2 aromatic heterocycles. The summed E-state index contributed by atoms with van der Waals surface area (Å²) >= 11 is 2.08. The number of benzene rings is 1. The van der Waals surface area contributed by atoms with Crippen LogP contribution in [0.25, 0.3) is 10.2 Å². The van der Waals surface area contributed by atoms with E-state index in [1.165, 1.54) is 0 Å². The Balaban J connectivity index is 1.53. The largest absolute Gasteiger partial charge is 0.360 e. The van der Waals surface area contributed by atoms with Crippen molar-refractivity contribution in [1.29, 1.82) is 0 Å². The number of hydrogen-bond acceptors (Lipinski definition) is 7. The molecule has 142 valence electrons. The predicted molar refractivity (Wildman–Crippen MR) is 100.0 cm³/mol. The van der Waals surface area contributed by atoms with Crippen LogP contribution in [0.4, 0.5) is 19.7 Å². The molecule has 1 aromatic carbocycles. The van der Waals surface area contributed by atoms with E-state index >= 15 is 0 Å². The number of nitrogens with one attached hydrogen (secondary N) is 2. The van der Waals surface area contributed by atoms with Crippen molar-refractivity contribution in [3.63, 3.8) is 0 Å². The molecule has 0 saturated heterocycles. The number of thiazole rings is 1. The number of aromatic nitrogens is 2. The van der Waals surface area contributed by atoms with Crippen molar-refractivity contribution in [3.05, 3.63) is 35.6 Å². The van der Waals surface area contributed by atoms with Gasteiger partial charge in [0.2, 0.25) is 11.8 Å². The molecule has 0 bridgehead atoms. The maximum Gasteiger partial charge on any atom is 0.238 e. The second kappa shape index (κ2) is 8.01. The van der Waals surface area contributed by atoms with E-state index in [9.17, 15) is 18.4 Å². The summed E-state index contributed by atoms with van der Waals surface area (Å²) in [5.41, 5.74) is 0.00000405. The summed E-state index contributed by atoms with van der Waals surface area (Å²) in [6.07, 6.45) is 0. The standard InChI is InChI=1S/C16H14F2N4O3S2/c1-7-3-12(22-25-7)19-15(24)8(2)26-6-13(23)20-16-21-14-10(18)4-9(17)5-11(14)27-16/h3-5,8H,6H2,1-2H3,(H,19,22,24)(H,20,21,23)/t8-/m1/s1. The molecular formula is C16H14F2N4O3S2. The van der Waals surface area contributed by atoms with Gasteiger partial charge < -0.3 is 15.2 Å². The van der Waals surface area contributed by atoms with Crippen LogP contribution in [0.2, 0.25) is 0 Å². The SMILES string of the molecule is Cc1cc(NC(=O)[C@@H](C)SCC(=O)Nc2nc3c(F)cc(F)cc3s2)no1. The average molecular weight is 412 g/mol. The van der Waals surface area contributed by atoms with Gasteiger partial charge in [0.15, 0.2) is 16.8 Å². The van der Waals surface area contributed by atoms with E-state index in [1.807, 2.05) is 0 Å². The minimum Gasteiger partial charge on any atom is -0.360 e. The summed E-state index contributed by atoms with van der Waals surface area (Å²) in [7, 11) is 0. The zero-order chi connectivity index (χ0) is 19.6. The van der Waals surface area contributed by atoms with Crippen molar-refractivity contribution in [3.8, 4) is 0 Å². The highest BCUT2D eigenvalue weighted by Gasteiger charge is 2.18. The first-order chi connectivity index (χ1) is 12.8. The van der Waals surface area contributed by atoms with Gasteiger partial charge in [-0.05, 0) is 19.9 Å². The number of anilines is 2. The summed E-state index contributed by atoms with van der Waals surface area (Å²) in [6.45, 7) is 3.35. The summed E-state index contributed by atoms with van der Waals surface area (Å²) in [5.74, 6) is -1.37. The van der Waals surface area contributed by atoms with E-state index in [-0.39, 0.29) is 22.3 Å². The summed E-state index contributed by atoms with van der Waals surface area (Å²) in [5, 5.41) is 8.41. The van der Waals surface area contributed by atoms with Crippen LogP contribution in [0.3, 0.4) is 0 Å². The Kier molecular flexibility index (Phi) is 5.71. The molecule has 0 aliphatic heterocycles. The number of hydrogen-bond donors (Lipinski definition) is 2. The van der Waals surface area contributed by atoms with Crippen molar-refractivity contribution in [2.75, 3.05) is 16.4 Å². The third-order valence-corrected chi connectivity index (χ3v) is 5.43. The third-order valence-electron chi connectivity index (χ3n) is 3.37. The Bertz CT molecular complexity index is 1000. The molecule has 0 aliphatic carbocycles. The minimum absolute atomic E-state index is 0.00000405. The lowest BCUT2D eigenvalue weighted by Crippen LogP contribution is -2.25. The molecule has 27 heavy (non-hydrogen) atoms. The van der Waals surface area contributed by atoms with Crippen molar-refractivity contribution >= 4 is 56.1 Å². The summed E-state index contributed by atoms with van der Waals surface area (Å²) in [4.78, 5) is 28.0. The summed E-state index contributed by atoms with van der Waals surface area (Å²) < 4.78 is 32.0. The van der Waals surface area contributed by atoms with Gasteiger partial charge in [-0.15, -0.1) is 11.8 Å². The number of nitrogens with zero attached hydrogens (tertiary/aromatic N) is 2. The van der Waals surface area contributed by atoms with Crippen molar-refractivity contribution in [2.24, 2.45) is 0 Å². The van der Waals surface area contributed by atoms with Crippen molar-refractivity contribution in [2.45, 2.75) is 19.1 Å². The van der Waals surface area contributed by atoms with Gasteiger partial charge in [-0.3, -0.25) is 9.59 Å². The van der Waals surface area contributed by atoms with Crippen LogP contribution in [-0.2, 0) is 9.59 Å². The highest BCUT2D eigenvalue weighted by atomic mass is 32.2. The van der Waals surface area contributed by atoms with E-state index in [2.05, 4.69) is 20.8 Å². The maximum atomic E-state index is 13.7. The molecule has 3 rings (SSSR count). The Labute approximate surface area is 160 Å². The topological polar surface area (TPSA) is 97.1 Å². The second-order valence-corrected chi connectivity index (χ2v) is 7.93. The number of carbonyl (C=O) groups excluding carboxylic acids is 2. The van der Waals surface area contributed by atoms with Crippen molar-refractivity contribution < 1.29 is 22.9 Å². The molecule has 0 fully saturated rings. The van der Waals surface area contributed by atoms with E-state index in [4.69, 9.17) is 4.52 Å².